The Morgan fingerprint density at radius 3 is 2.79 bits per heavy atom. The third-order valence-corrected chi connectivity index (χ3v) is 7.93. The highest BCUT2D eigenvalue weighted by molar-refractivity contribution is 6.35. The van der Waals surface area contributed by atoms with Crippen LogP contribution in [0.4, 0.5) is 10.2 Å². The molecule has 5 heterocycles. The molecule has 0 saturated carbocycles. The molecule has 1 fully saturated rings. The van der Waals surface area contributed by atoms with Crippen molar-refractivity contribution in [2.75, 3.05) is 31.1 Å². The summed E-state index contributed by atoms with van der Waals surface area (Å²) in [6, 6.07) is 3.24. The van der Waals surface area contributed by atoms with Crippen LogP contribution in [0.2, 0.25) is 5.02 Å². The Hall–Kier alpha value is -4.12. The average molecular weight is 553 g/mol. The van der Waals surface area contributed by atoms with Crippen LogP contribution in [0.5, 0.6) is 11.5 Å². The van der Waals surface area contributed by atoms with E-state index in [-0.39, 0.29) is 76.7 Å². The van der Waals surface area contributed by atoms with Gasteiger partial charge in [-0.05, 0) is 25.1 Å². The number of carbonyl (C=O) groups is 2. The molecule has 2 aromatic heterocycles. The highest BCUT2D eigenvalue weighted by Crippen LogP contribution is 2.48. The minimum absolute atomic E-state index is 0.0329. The molecule has 0 radical (unpaired) electrons. The van der Waals surface area contributed by atoms with Crippen LogP contribution >= 0.6 is 11.6 Å². The first-order valence-electron chi connectivity index (χ1n) is 12.5. The fourth-order valence-electron chi connectivity index (χ4n) is 5.65. The highest BCUT2D eigenvalue weighted by atomic mass is 35.5. The van der Waals surface area contributed by atoms with Crippen molar-refractivity contribution in [2.45, 2.75) is 25.6 Å². The summed E-state index contributed by atoms with van der Waals surface area (Å²) in [5, 5.41) is 15.1. The van der Waals surface area contributed by atoms with Gasteiger partial charge < -0.3 is 24.5 Å². The van der Waals surface area contributed by atoms with Crippen molar-refractivity contribution in [3.63, 3.8) is 0 Å². The monoisotopic (exact) mass is 552 g/mol. The zero-order chi connectivity index (χ0) is 27.6. The number of fused-ring (bicyclic) bond motifs is 3. The van der Waals surface area contributed by atoms with Gasteiger partial charge in [-0.2, -0.15) is 5.10 Å². The van der Waals surface area contributed by atoms with E-state index in [9.17, 15) is 14.7 Å². The number of rotatable bonds is 3. The molecule has 10 nitrogen and oxygen atoms in total. The number of halogens is 2. The van der Waals surface area contributed by atoms with Crippen molar-refractivity contribution in [1.82, 2.24) is 24.6 Å². The molecule has 39 heavy (non-hydrogen) atoms. The first-order chi connectivity index (χ1) is 18.7. The van der Waals surface area contributed by atoms with Gasteiger partial charge in [0.1, 0.15) is 40.3 Å². The van der Waals surface area contributed by atoms with E-state index in [1.165, 1.54) is 24.3 Å². The summed E-state index contributed by atoms with van der Waals surface area (Å²) in [4.78, 5) is 36.4. The molecule has 1 aromatic carbocycles. The molecular weight excluding hydrogens is 527 g/mol. The van der Waals surface area contributed by atoms with Crippen LogP contribution in [0.3, 0.4) is 0 Å². The maximum Gasteiger partial charge on any atom is 0.261 e. The fourth-order valence-corrected chi connectivity index (χ4v) is 5.94. The van der Waals surface area contributed by atoms with Gasteiger partial charge in [-0.3, -0.25) is 14.3 Å². The van der Waals surface area contributed by atoms with Gasteiger partial charge in [-0.25, -0.2) is 9.37 Å². The van der Waals surface area contributed by atoms with Gasteiger partial charge in [0, 0.05) is 45.0 Å². The lowest BCUT2D eigenvalue weighted by Crippen LogP contribution is -2.57. The molecule has 3 aliphatic rings. The average Bonchev–Trinajstić information content (AvgIpc) is 3.38. The molecule has 6 rings (SSSR count). The van der Waals surface area contributed by atoms with Crippen LogP contribution in [0.25, 0.3) is 11.3 Å². The Labute approximate surface area is 228 Å². The van der Waals surface area contributed by atoms with Gasteiger partial charge in [0.25, 0.3) is 5.91 Å². The number of ether oxygens (including phenoxy) is 1. The first kappa shape index (κ1) is 25.2. The quantitative estimate of drug-likeness (QED) is 0.497. The number of amides is 2. The number of hydrogen-bond acceptors (Lipinski definition) is 7. The van der Waals surface area contributed by atoms with E-state index in [1.54, 1.807) is 14.5 Å². The van der Waals surface area contributed by atoms with Crippen LogP contribution in [0.1, 0.15) is 34.6 Å². The highest BCUT2D eigenvalue weighted by Gasteiger charge is 2.43. The smallest absolute Gasteiger partial charge is 0.261 e. The Morgan fingerprint density at radius 2 is 2.08 bits per heavy atom. The molecule has 12 heteroatoms. The molecule has 2 atom stereocenters. The summed E-state index contributed by atoms with van der Waals surface area (Å²) in [7, 11) is 1.84. The van der Waals surface area contributed by atoms with Crippen molar-refractivity contribution < 1.29 is 23.8 Å². The molecule has 0 aliphatic carbocycles. The molecular formula is C27H26ClFN6O4. The van der Waals surface area contributed by atoms with E-state index >= 15 is 4.39 Å². The second-order valence-corrected chi connectivity index (χ2v) is 10.3. The summed E-state index contributed by atoms with van der Waals surface area (Å²) >= 11 is 6.80. The number of aryl methyl sites for hydroxylation is 1. The van der Waals surface area contributed by atoms with E-state index in [0.29, 0.717) is 13.1 Å². The van der Waals surface area contributed by atoms with Crippen LogP contribution in [-0.4, -0.2) is 73.8 Å². The van der Waals surface area contributed by atoms with E-state index in [2.05, 4.69) is 11.7 Å². The molecule has 1 N–H and O–H groups in total. The normalized spacial score (nSPS) is 20.2. The number of benzene rings is 1. The van der Waals surface area contributed by atoms with Crippen LogP contribution in [-0.2, 0) is 18.4 Å². The van der Waals surface area contributed by atoms with Gasteiger partial charge in [0.2, 0.25) is 5.91 Å². The van der Waals surface area contributed by atoms with Crippen molar-refractivity contribution in [3.8, 4) is 22.8 Å². The maximum absolute atomic E-state index is 15.0. The minimum atomic E-state index is -0.716. The van der Waals surface area contributed by atoms with Crippen LogP contribution in [0.15, 0.2) is 37.1 Å². The zero-order valence-corrected chi connectivity index (χ0v) is 22.2. The minimum Gasteiger partial charge on any atom is -0.507 e. The topological polar surface area (TPSA) is 104 Å². The Bertz CT molecular complexity index is 1520. The zero-order valence-electron chi connectivity index (χ0n) is 21.4. The summed E-state index contributed by atoms with van der Waals surface area (Å²) in [5.41, 5.74) is 1.76. The van der Waals surface area contributed by atoms with E-state index in [4.69, 9.17) is 21.3 Å². The molecule has 202 valence electrons. The number of pyridine rings is 1. The third-order valence-electron chi connectivity index (χ3n) is 7.58. The SMILES string of the molecule is C=CC(=O)N1CCN2C(=O)c3c(N4Cc5cn(C)nc5[C@@H]4C)nc(-c4c(O)cccc4F)c(Cl)c3OC[C@H]2C1. The number of nitrogens with zero attached hydrogens (tertiary/aromatic N) is 6. The van der Waals surface area contributed by atoms with Crippen molar-refractivity contribution in [1.29, 1.82) is 0 Å². The van der Waals surface area contributed by atoms with Crippen LogP contribution < -0.4 is 9.64 Å². The summed E-state index contributed by atoms with van der Waals surface area (Å²) in [5.74, 6) is -1.30. The van der Waals surface area contributed by atoms with E-state index in [1.807, 2.05) is 25.1 Å². The second-order valence-electron chi connectivity index (χ2n) is 9.90. The van der Waals surface area contributed by atoms with Gasteiger partial charge in [-0.1, -0.05) is 24.2 Å². The fraction of sp³-hybridized carbons (Fsp3) is 0.333. The summed E-state index contributed by atoms with van der Waals surface area (Å²) < 4.78 is 23.0. The second kappa shape index (κ2) is 9.26. The van der Waals surface area contributed by atoms with Gasteiger partial charge >= 0.3 is 0 Å². The number of aromatic nitrogens is 3. The van der Waals surface area contributed by atoms with Gasteiger partial charge in [0.15, 0.2) is 5.75 Å². The largest absolute Gasteiger partial charge is 0.507 e. The lowest BCUT2D eigenvalue weighted by molar-refractivity contribution is -0.128. The Morgan fingerprint density at radius 1 is 1.28 bits per heavy atom. The summed E-state index contributed by atoms with van der Waals surface area (Å²) in [6.07, 6.45) is 3.16. The van der Waals surface area contributed by atoms with Crippen molar-refractivity contribution in [3.05, 3.63) is 64.7 Å². The molecule has 1 saturated heterocycles. The number of anilines is 1. The first-order valence-corrected chi connectivity index (χ1v) is 12.9. The predicted octanol–water partition coefficient (Wildman–Crippen LogP) is 3.29. The lowest BCUT2D eigenvalue weighted by atomic mass is 10.0. The van der Waals surface area contributed by atoms with E-state index in [0.717, 1.165) is 11.3 Å². The Balaban J connectivity index is 1.52. The van der Waals surface area contributed by atoms with Gasteiger partial charge in [0.05, 0.1) is 23.3 Å². The third kappa shape index (κ3) is 3.91. The molecule has 3 aliphatic heterocycles. The van der Waals surface area contributed by atoms with Crippen molar-refractivity contribution in [2.24, 2.45) is 7.05 Å². The molecule has 0 bridgehead atoms. The van der Waals surface area contributed by atoms with E-state index < -0.39 is 11.9 Å². The number of hydrogen-bond donors (Lipinski definition) is 1. The number of phenols is 1. The molecule has 0 unspecified atom stereocenters. The molecule has 3 aromatic rings. The molecule has 2 amide bonds. The maximum atomic E-state index is 15.0. The van der Waals surface area contributed by atoms with Gasteiger partial charge in [-0.15, -0.1) is 0 Å². The molecule has 0 spiro atoms. The number of phenolic OH excluding ortho intramolecular Hbond substituents is 1. The number of piperazine rings is 1. The summed E-state index contributed by atoms with van der Waals surface area (Å²) in [6.45, 7) is 6.88. The Kier molecular flexibility index (Phi) is 5.98. The predicted molar refractivity (Wildman–Crippen MR) is 141 cm³/mol. The number of carbonyl (C=O) groups excluding carboxylic acids is 2. The van der Waals surface area contributed by atoms with Crippen LogP contribution in [0, 0.1) is 5.82 Å². The lowest BCUT2D eigenvalue weighted by Gasteiger charge is -2.39. The number of aromatic hydroxyl groups is 1. The van der Waals surface area contributed by atoms with Crippen molar-refractivity contribution >= 4 is 29.2 Å². The standard InChI is InChI=1S/C27H26ClFN6O4/c1-4-19(37)33-8-9-34-16(12-33)13-39-25-21(27(34)38)26(35-11-15-10-32(3)31-23(15)14(35)2)30-24(22(25)28)20-17(29)6-5-7-18(20)36/h4-7,10,14,16,36H,1,8-9,11-13H2,2-3H3/t14-,16+/m0/s1.